The molecule has 7 heteroatoms. The van der Waals surface area contributed by atoms with Crippen LogP contribution in [-0.4, -0.2) is 60.8 Å². The third-order valence-corrected chi connectivity index (χ3v) is 5.85. The highest BCUT2D eigenvalue weighted by atomic mass is 32.2. The summed E-state index contributed by atoms with van der Waals surface area (Å²) < 4.78 is 5.46. The van der Waals surface area contributed by atoms with Gasteiger partial charge in [-0.2, -0.15) is 17.0 Å². The van der Waals surface area contributed by atoms with Gasteiger partial charge in [0, 0.05) is 36.6 Å². The van der Waals surface area contributed by atoms with Crippen molar-refractivity contribution in [1.82, 2.24) is 10.2 Å². The predicted molar refractivity (Wildman–Crippen MR) is 95.2 cm³/mol. The number of anilines is 1. The van der Waals surface area contributed by atoms with Crippen LogP contribution in [0.2, 0.25) is 0 Å². The number of ether oxygens (including phenoxy) is 1. The van der Waals surface area contributed by atoms with E-state index in [0.717, 1.165) is 44.2 Å². The Labute approximate surface area is 146 Å². The van der Waals surface area contributed by atoms with Crippen molar-refractivity contribution in [3.05, 3.63) is 29.8 Å². The van der Waals surface area contributed by atoms with Gasteiger partial charge in [-0.1, -0.05) is 0 Å². The number of hydrogen-bond donors (Lipinski definition) is 2. The Kier molecular flexibility index (Phi) is 5.61. The highest BCUT2D eigenvalue weighted by molar-refractivity contribution is 7.99. The Bertz CT molecular complexity index is 602. The molecule has 2 heterocycles. The lowest BCUT2D eigenvalue weighted by atomic mass is 9.95. The zero-order valence-corrected chi connectivity index (χ0v) is 14.4. The van der Waals surface area contributed by atoms with Gasteiger partial charge in [0.15, 0.2) is 0 Å². The highest BCUT2D eigenvalue weighted by Crippen LogP contribution is 2.33. The minimum atomic E-state index is -0.204. The molecule has 1 atom stereocenters. The molecule has 0 spiro atoms. The first-order valence-corrected chi connectivity index (χ1v) is 9.33. The summed E-state index contributed by atoms with van der Waals surface area (Å²) in [4.78, 5) is 14.7. The summed E-state index contributed by atoms with van der Waals surface area (Å²) in [5.41, 5.74) is 1.30. The van der Waals surface area contributed by atoms with Gasteiger partial charge in [-0.25, -0.2) is 4.79 Å². The lowest BCUT2D eigenvalue weighted by Gasteiger charge is -2.43. The second-order valence-corrected chi connectivity index (χ2v) is 7.23. The number of amides is 2. The van der Waals surface area contributed by atoms with Crippen LogP contribution in [0.4, 0.5) is 10.5 Å². The van der Waals surface area contributed by atoms with Crippen molar-refractivity contribution in [3.63, 3.8) is 0 Å². The Balaban J connectivity index is 1.56. The number of nitrogens with one attached hydrogen (secondary N) is 2. The van der Waals surface area contributed by atoms with Crippen LogP contribution >= 0.6 is 11.8 Å². The summed E-state index contributed by atoms with van der Waals surface area (Å²) in [6, 6.07) is 8.72. The van der Waals surface area contributed by atoms with E-state index in [0.29, 0.717) is 17.8 Å². The van der Waals surface area contributed by atoms with Crippen LogP contribution in [0, 0.1) is 11.3 Å². The van der Waals surface area contributed by atoms with Gasteiger partial charge < -0.3 is 15.4 Å². The maximum atomic E-state index is 12.2. The molecule has 0 radical (unpaired) electrons. The molecular formula is C17H22N4O2S. The van der Waals surface area contributed by atoms with E-state index in [1.165, 1.54) is 0 Å². The average molecular weight is 346 g/mol. The predicted octanol–water partition coefficient (Wildman–Crippen LogP) is 1.89. The lowest BCUT2D eigenvalue weighted by Crippen LogP contribution is -2.59. The standard InChI is InChI=1S/C17H22N4O2S/c18-11-14-1-3-15(4-2-14)20-16(22)19-12-17(5-10-24-13-17)21-6-8-23-9-7-21/h1-4H,5-10,12-13H2,(H2,19,20,22). The highest BCUT2D eigenvalue weighted by Gasteiger charge is 2.40. The van der Waals surface area contributed by atoms with Crippen LogP contribution in [0.25, 0.3) is 0 Å². The summed E-state index contributed by atoms with van der Waals surface area (Å²) in [6.07, 6.45) is 1.09. The van der Waals surface area contributed by atoms with Gasteiger partial charge in [-0.05, 0) is 36.4 Å². The zero-order valence-electron chi connectivity index (χ0n) is 13.6. The molecule has 0 aliphatic carbocycles. The number of thioether (sulfide) groups is 1. The molecule has 2 aliphatic heterocycles. The van der Waals surface area contributed by atoms with Crippen molar-refractivity contribution in [3.8, 4) is 6.07 Å². The van der Waals surface area contributed by atoms with Gasteiger partial charge in [0.25, 0.3) is 0 Å². The van der Waals surface area contributed by atoms with Gasteiger partial charge in [-0.3, -0.25) is 4.90 Å². The molecule has 2 saturated heterocycles. The summed E-state index contributed by atoms with van der Waals surface area (Å²) in [6.45, 7) is 4.04. The monoisotopic (exact) mass is 346 g/mol. The average Bonchev–Trinajstić information content (AvgIpc) is 3.12. The maximum Gasteiger partial charge on any atom is 0.319 e. The lowest BCUT2D eigenvalue weighted by molar-refractivity contribution is -0.0123. The van der Waals surface area contributed by atoms with E-state index in [1.807, 2.05) is 11.8 Å². The van der Waals surface area contributed by atoms with Crippen molar-refractivity contribution in [1.29, 1.82) is 5.26 Å². The second kappa shape index (κ2) is 7.88. The molecule has 2 amide bonds. The summed E-state index contributed by atoms with van der Waals surface area (Å²) in [5, 5.41) is 14.7. The Hall–Kier alpha value is -1.75. The smallest absolute Gasteiger partial charge is 0.319 e. The van der Waals surface area contributed by atoms with Gasteiger partial charge >= 0.3 is 6.03 Å². The maximum absolute atomic E-state index is 12.2. The third-order valence-electron chi connectivity index (χ3n) is 4.61. The first-order chi connectivity index (χ1) is 11.7. The Morgan fingerprint density at radius 2 is 2.08 bits per heavy atom. The topological polar surface area (TPSA) is 77.4 Å². The Morgan fingerprint density at radius 1 is 1.33 bits per heavy atom. The van der Waals surface area contributed by atoms with E-state index >= 15 is 0 Å². The number of morpholine rings is 1. The molecule has 0 aromatic heterocycles. The van der Waals surface area contributed by atoms with Crippen LogP contribution in [0.1, 0.15) is 12.0 Å². The van der Waals surface area contributed by atoms with Gasteiger partial charge in [0.1, 0.15) is 0 Å². The number of benzene rings is 1. The zero-order chi connectivity index (χ0) is 16.8. The first-order valence-electron chi connectivity index (χ1n) is 8.17. The molecule has 2 N–H and O–H groups in total. The number of nitrogens with zero attached hydrogens (tertiary/aromatic N) is 2. The molecule has 1 aromatic rings. The molecular weight excluding hydrogens is 324 g/mol. The van der Waals surface area contributed by atoms with E-state index in [1.54, 1.807) is 24.3 Å². The molecule has 0 bridgehead atoms. The van der Waals surface area contributed by atoms with Crippen molar-refractivity contribution >= 4 is 23.5 Å². The fraction of sp³-hybridized carbons (Fsp3) is 0.529. The summed E-state index contributed by atoms with van der Waals surface area (Å²) in [5.74, 6) is 2.18. The number of nitriles is 1. The van der Waals surface area contributed by atoms with Crippen LogP contribution in [0.3, 0.4) is 0 Å². The number of carbonyl (C=O) groups excluding carboxylic acids is 1. The van der Waals surface area contributed by atoms with Gasteiger partial charge in [0.2, 0.25) is 0 Å². The molecule has 0 saturated carbocycles. The quantitative estimate of drug-likeness (QED) is 0.870. The fourth-order valence-corrected chi connectivity index (χ4v) is 4.66. The molecule has 6 nitrogen and oxygen atoms in total. The molecule has 2 aliphatic rings. The second-order valence-electron chi connectivity index (χ2n) is 6.12. The normalized spacial score (nSPS) is 24.3. The van der Waals surface area contributed by atoms with Crippen molar-refractivity contribution in [2.75, 3.05) is 49.7 Å². The number of rotatable bonds is 4. The number of hydrogen-bond acceptors (Lipinski definition) is 5. The number of urea groups is 1. The van der Waals surface area contributed by atoms with E-state index in [2.05, 4.69) is 21.6 Å². The van der Waals surface area contributed by atoms with Crippen molar-refractivity contribution in [2.45, 2.75) is 12.0 Å². The van der Waals surface area contributed by atoms with Crippen LogP contribution in [-0.2, 0) is 4.74 Å². The first kappa shape index (κ1) is 17.1. The molecule has 24 heavy (non-hydrogen) atoms. The van der Waals surface area contributed by atoms with E-state index in [9.17, 15) is 4.79 Å². The molecule has 1 aromatic carbocycles. The SMILES string of the molecule is N#Cc1ccc(NC(=O)NCC2(N3CCOCC3)CCSC2)cc1. The minimum absolute atomic E-state index is 0.0381. The van der Waals surface area contributed by atoms with Crippen molar-refractivity contribution < 1.29 is 9.53 Å². The summed E-state index contributed by atoms with van der Waals surface area (Å²) in [7, 11) is 0. The molecule has 1 unspecified atom stereocenters. The minimum Gasteiger partial charge on any atom is -0.379 e. The summed E-state index contributed by atoms with van der Waals surface area (Å²) >= 11 is 1.95. The molecule has 128 valence electrons. The van der Waals surface area contributed by atoms with E-state index in [-0.39, 0.29) is 11.6 Å². The van der Waals surface area contributed by atoms with Crippen LogP contribution < -0.4 is 10.6 Å². The van der Waals surface area contributed by atoms with Crippen LogP contribution in [0.5, 0.6) is 0 Å². The largest absolute Gasteiger partial charge is 0.379 e. The number of carbonyl (C=O) groups is 1. The van der Waals surface area contributed by atoms with Gasteiger partial charge in [-0.15, -0.1) is 0 Å². The van der Waals surface area contributed by atoms with Crippen molar-refractivity contribution in [2.24, 2.45) is 0 Å². The van der Waals surface area contributed by atoms with E-state index < -0.39 is 0 Å². The van der Waals surface area contributed by atoms with Gasteiger partial charge in [0.05, 0.1) is 24.8 Å². The molecule has 3 rings (SSSR count). The van der Waals surface area contributed by atoms with E-state index in [4.69, 9.17) is 10.00 Å². The molecule has 2 fully saturated rings. The van der Waals surface area contributed by atoms with Crippen LogP contribution in [0.15, 0.2) is 24.3 Å². The fourth-order valence-electron chi connectivity index (χ4n) is 3.18. The third kappa shape index (κ3) is 4.01. The Morgan fingerprint density at radius 3 is 2.71 bits per heavy atom.